The summed E-state index contributed by atoms with van der Waals surface area (Å²) in [4.78, 5) is 0.150. The first kappa shape index (κ1) is 15.0. The highest BCUT2D eigenvalue weighted by atomic mass is 32.2. The topological polar surface area (TPSA) is 77.8 Å². The zero-order valence-corrected chi connectivity index (χ0v) is 11.8. The molecule has 0 amide bonds. The Kier molecular flexibility index (Phi) is 4.78. The van der Waals surface area contributed by atoms with Crippen molar-refractivity contribution in [1.29, 1.82) is 0 Å². The van der Waals surface area contributed by atoms with Crippen LogP contribution in [0.5, 0.6) is 0 Å². The molecule has 1 fully saturated rings. The highest BCUT2D eigenvalue weighted by molar-refractivity contribution is 7.89. The van der Waals surface area contributed by atoms with Gasteiger partial charge in [0.1, 0.15) is 6.61 Å². The van der Waals surface area contributed by atoms with Crippen LogP contribution in [0.1, 0.15) is 18.4 Å². The minimum Gasteiger partial charge on any atom is -0.393 e. The normalized spacial score (nSPS) is 17.5. The fourth-order valence-electron chi connectivity index (χ4n) is 2.15. The molecule has 0 aliphatic carbocycles. The number of hydrogen-bond donors (Lipinski definition) is 2. The van der Waals surface area contributed by atoms with Gasteiger partial charge in [0.15, 0.2) is 0 Å². The van der Waals surface area contributed by atoms with Crippen LogP contribution in [0.15, 0.2) is 29.2 Å². The molecule has 0 atom stereocenters. The second-order valence-corrected chi connectivity index (χ2v) is 6.50. The summed E-state index contributed by atoms with van der Waals surface area (Å²) >= 11 is 0. The number of piperidine rings is 1. The average molecular weight is 295 g/mol. The smallest absolute Gasteiger partial charge is 0.244 e. The predicted octanol–water partition coefficient (Wildman–Crippen LogP) is 0.176. The summed E-state index contributed by atoms with van der Waals surface area (Å²) in [6.45, 7) is 0.306. The first-order valence-corrected chi connectivity index (χ1v) is 7.86. The Bertz CT molecular complexity index is 622. The molecule has 1 aliphatic rings. The highest BCUT2D eigenvalue weighted by Crippen LogP contribution is 2.23. The predicted molar refractivity (Wildman–Crippen MR) is 74.4 cm³/mol. The zero-order valence-electron chi connectivity index (χ0n) is 11.0. The highest BCUT2D eigenvalue weighted by Gasteiger charge is 2.29. The molecule has 2 N–H and O–H groups in total. The Morgan fingerprint density at radius 1 is 1.25 bits per heavy atom. The van der Waals surface area contributed by atoms with Crippen molar-refractivity contribution >= 4 is 10.0 Å². The lowest BCUT2D eigenvalue weighted by Crippen LogP contribution is -2.40. The van der Waals surface area contributed by atoms with Gasteiger partial charge in [0.2, 0.25) is 10.0 Å². The van der Waals surface area contributed by atoms with E-state index in [0.29, 0.717) is 31.5 Å². The largest absolute Gasteiger partial charge is 0.393 e. The number of aliphatic hydroxyl groups is 2. The van der Waals surface area contributed by atoms with Gasteiger partial charge >= 0.3 is 0 Å². The molecule has 0 spiro atoms. The average Bonchev–Trinajstić information content (AvgIpc) is 2.46. The maximum Gasteiger partial charge on any atom is 0.244 e. The number of benzene rings is 1. The fraction of sp³-hybridized carbons (Fsp3) is 0.429. The van der Waals surface area contributed by atoms with Crippen molar-refractivity contribution in [2.75, 3.05) is 19.7 Å². The summed E-state index contributed by atoms with van der Waals surface area (Å²) in [5.74, 6) is 5.13. The summed E-state index contributed by atoms with van der Waals surface area (Å²) < 4.78 is 26.6. The molecule has 0 aromatic heterocycles. The summed E-state index contributed by atoms with van der Waals surface area (Å²) in [5.41, 5.74) is 0.382. The SMILES string of the molecule is O=S(=O)(c1ccccc1C#CCO)N1CCC(O)CC1. The van der Waals surface area contributed by atoms with E-state index in [1.807, 2.05) is 0 Å². The van der Waals surface area contributed by atoms with Crippen LogP contribution in [-0.4, -0.2) is 48.7 Å². The van der Waals surface area contributed by atoms with Gasteiger partial charge in [-0.3, -0.25) is 0 Å². The first-order chi connectivity index (χ1) is 9.55. The van der Waals surface area contributed by atoms with E-state index < -0.39 is 16.1 Å². The van der Waals surface area contributed by atoms with Crippen molar-refractivity contribution in [3.05, 3.63) is 29.8 Å². The number of aliphatic hydroxyl groups excluding tert-OH is 2. The van der Waals surface area contributed by atoms with E-state index in [4.69, 9.17) is 5.11 Å². The van der Waals surface area contributed by atoms with E-state index in [1.165, 1.54) is 10.4 Å². The van der Waals surface area contributed by atoms with E-state index in [9.17, 15) is 13.5 Å². The molecule has 1 aromatic rings. The van der Waals surface area contributed by atoms with Crippen LogP contribution in [0.4, 0.5) is 0 Å². The molecule has 6 heteroatoms. The van der Waals surface area contributed by atoms with Crippen LogP contribution in [0.25, 0.3) is 0 Å². The molecule has 20 heavy (non-hydrogen) atoms. The van der Waals surface area contributed by atoms with Crippen molar-refractivity contribution in [1.82, 2.24) is 4.31 Å². The minimum absolute atomic E-state index is 0.150. The lowest BCUT2D eigenvalue weighted by Gasteiger charge is -2.29. The molecular weight excluding hydrogens is 278 g/mol. The fourth-order valence-corrected chi connectivity index (χ4v) is 3.77. The Morgan fingerprint density at radius 2 is 1.90 bits per heavy atom. The van der Waals surface area contributed by atoms with Gasteiger partial charge in [0.25, 0.3) is 0 Å². The molecule has 0 saturated carbocycles. The van der Waals surface area contributed by atoms with E-state index in [2.05, 4.69) is 11.8 Å². The lowest BCUT2D eigenvalue weighted by atomic mass is 10.1. The quantitative estimate of drug-likeness (QED) is 0.763. The van der Waals surface area contributed by atoms with Crippen molar-refractivity contribution in [2.45, 2.75) is 23.8 Å². The molecule has 0 radical (unpaired) electrons. The third-order valence-corrected chi connectivity index (χ3v) is 5.19. The van der Waals surface area contributed by atoms with Gasteiger partial charge in [0, 0.05) is 18.7 Å². The molecule has 108 valence electrons. The minimum atomic E-state index is -3.61. The number of rotatable bonds is 2. The van der Waals surface area contributed by atoms with Gasteiger partial charge in [-0.05, 0) is 25.0 Å². The van der Waals surface area contributed by atoms with Crippen LogP contribution in [0.3, 0.4) is 0 Å². The standard InChI is InChI=1S/C14H17NO4S/c16-11-3-5-12-4-1-2-6-14(12)20(18,19)15-9-7-13(17)8-10-15/h1-2,4,6,13,16-17H,7-11H2. The van der Waals surface area contributed by atoms with Gasteiger partial charge in [0.05, 0.1) is 11.0 Å². The molecule has 0 bridgehead atoms. The molecule has 1 aromatic carbocycles. The zero-order chi connectivity index (χ0) is 14.6. The Hall–Kier alpha value is -1.39. The molecule has 1 aliphatic heterocycles. The molecule has 0 unspecified atom stereocenters. The number of hydrogen-bond acceptors (Lipinski definition) is 4. The molecule has 5 nitrogen and oxygen atoms in total. The van der Waals surface area contributed by atoms with Crippen molar-refractivity contribution in [3.63, 3.8) is 0 Å². The van der Waals surface area contributed by atoms with Crippen molar-refractivity contribution < 1.29 is 18.6 Å². The molecular formula is C14H17NO4S. The van der Waals surface area contributed by atoms with Gasteiger partial charge in [-0.25, -0.2) is 8.42 Å². The van der Waals surface area contributed by atoms with Crippen LogP contribution in [0.2, 0.25) is 0 Å². The van der Waals surface area contributed by atoms with Gasteiger partial charge in [-0.15, -0.1) is 0 Å². The maximum absolute atomic E-state index is 12.6. The Labute approximate surface area is 118 Å². The van der Waals surface area contributed by atoms with Crippen molar-refractivity contribution in [3.8, 4) is 11.8 Å². The summed E-state index contributed by atoms with van der Waals surface area (Å²) in [6, 6.07) is 6.49. The van der Waals surface area contributed by atoms with E-state index >= 15 is 0 Å². The van der Waals surface area contributed by atoms with Crippen LogP contribution in [-0.2, 0) is 10.0 Å². The van der Waals surface area contributed by atoms with Crippen LogP contribution >= 0.6 is 0 Å². The third-order valence-electron chi connectivity index (χ3n) is 3.23. The number of nitrogens with zero attached hydrogens (tertiary/aromatic N) is 1. The summed E-state index contributed by atoms with van der Waals surface area (Å²) in [5, 5.41) is 18.2. The van der Waals surface area contributed by atoms with Crippen molar-refractivity contribution in [2.24, 2.45) is 0 Å². The van der Waals surface area contributed by atoms with Crippen LogP contribution < -0.4 is 0 Å². The van der Waals surface area contributed by atoms with Gasteiger partial charge in [-0.2, -0.15) is 4.31 Å². The maximum atomic E-state index is 12.6. The Balaban J connectivity index is 2.34. The van der Waals surface area contributed by atoms with Crippen LogP contribution in [0, 0.1) is 11.8 Å². The van der Waals surface area contributed by atoms with Gasteiger partial charge in [-0.1, -0.05) is 24.0 Å². The van der Waals surface area contributed by atoms with E-state index in [-0.39, 0.29) is 11.5 Å². The van der Waals surface area contributed by atoms with E-state index in [1.54, 1.807) is 18.2 Å². The molecule has 1 saturated heterocycles. The second-order valence-electron chi connectivity index (χ2n) is 4.59. The lowest BCUT2D eigenvalue weighted by molar-refractivity contribution is 0.113. The monoisotopic (exact) mass is 295 g/mol. The summed E-state index contributed by atoms with van der Waals surface area (Å²) in [7, 11) is -3.61. The third kappa shape index (κ3) is 3.19. The summed E-state index contributed by atoms with van der Waals surface area (Å²) in [6.07, 6.45) is 0.471. The molecule has 2 rings (SSSR count). The second kappa shape index (κ2) is 6.37. The van der Waals surface area contributed by atoms with E-state index in [0.717, 1.165) is 0 Å². The first-order valence-electron chi connectivity index (χ1n) is 6.42. The number of sulfonamides is 1. The Morgan fingerprint density at radius 3 is 2.55 bits per heavy atom. The van der Waals surface area contributed by atoms with Gasteiger partial charge < -0.3 is 10.2 Å². The molecule has 1 heterocycles.